The summed E-state index contributed by atoms with van der Waals surface area (Å²) in [6, 6.07) is 9.58. The number of ether oxygens (including phenoxy) is 2. The van der Waals surface area contributed by atoms with Gasteiger partial charge in [0, 0.05) is 13.0 Å². The van der Waals surface area contributed by atoms with Crippen LogP contribution in [0.5, 0.6) is 11.5 Å². The molecular formula is C16H22N2O3. The van der Waals surface area contributed by atoms with Crippen molar-refractivity contribution in [2.24, 2.45) is 0 Å². The number of aromatic nitrogens is 2. The minimum absolute atomic E-state index is 0.436. The fraction of sp³-hybridized carbons (Fsp3) is 0.438. The molecule has 0 fully saturated rings. The predicted molar refractivity (Wildman–Crippen MR) is 80.6 cm³/mol. The number of para-hydroxylation sites is 1. The third-order valence-electron chi connectivity index (χ3n) is 3.22. The van der Waals surface area contributed by atoms with Crippen molar-refractivity contribution in [3.63, 3.8) is 0 Å². The molecule has 0 saturated carbocycles. The Hall–Kier alpha value is -2.01. The van der Waals surface area contributed by atoms with E-state index in [1.165, 1.54) is 0 Å². The second-order valence-electron chi connectivity index (χ2n) is 4.79. The molecule has 0 radical (unpaired) electrons. The first-order valence-electron chi connectivity index (χ1n) is 7.21. The molecule has 1 aromatic heterocycles. The molecule has 2 rings (SSSR count). The van der Waals surface area contributed by atoms with Gasteiger partial charge >= 0.3 is 0 Å². The lowest BCUT2D eigenvalue weighted by molar-refractivity contribution is 0.128. The molecule has 1 N–H and O–H groups in total. The Morgan fingerprint density at radius 3 is 2.71 bits per heavy atom. The molecule has 21 heavy (non-hydrogen) atoms. The maximum absolute atomic E-state index is 10.4. The molecule has 0 saturated heterocycles. The summed E-state index contributed by atoms with van der Waals surface area (Å²) >= 11 is 0. The second kappa shape index (κ2) is 7.69. The van der Waals surface area contributed by atoms with E-state index in [0.29, 0.717) is 18.8 Å². The smallest absolute Gasteiger partial charge is 0.162 e. The van der Waals surface area contributed by atoms with E-state index in [9.17, 15) is 5.11 Å². The van der Waals surface area contributed by atoms with Crippen molar-refractivity contribution in [3.8, 4) is 11.5 Å². The maximum atomic E-state index is 10.4. The number of rotatable bonds is 8. The van der Waals surface area contributed by atoms with Crippen LogP contribution in [-0.2, 0) is 6.54 Å². The summed E-state index contributed by atoms with van der Waals surface area (Å²) in [6.07, 6.45) is 2.43. The van der Waals surface area contributed by atoms with Gasteiger partial charge in [-0.3, -0.25) is 4.68 Å². The van der Waals surface area contributed by atoms with E-state index in [-0.39, 0.29) is 0 Å². The van der Waals surface area contributed by atoms with Gasteiger partial charge in [0.2, 0.25) is 0 Å². The number of aliphatic hydroxyl groups excluding tert-OH is 1. The Bertz CT molecular complexity index is 540. The fourth-order valence-corrected chi connectivity index (χ4v) is 2.20. The quantitative estimate of drug-likeness (QED) is 0.812. The SMILES string of the molecule is CCCn1ncc(OC)c1C(O)CCOc1ccccc1. The number of aryl methyl sites for hydroxylation is 1. The lowest BCUT2D eigenvalue weighted by Gasteiger charge is -2.15. The lowest BCUT2D eigenvalue weighted by Crippen LogP contribution is -2.13. The molecule has 5 nitrogen and oxygen atoms in total. The molecule has 1 heterocycles. The second-order valence-corrected chi connectivity index (χ2v) is 4.79. The summed E-state index contributed by atoms with van der Waals surface area (Å²) in [5.41, 5.74) is 0.719. The molecule has 0 bridgehead atoms. The number of aliphatic hydroxyl groups is 1. The van der Waals surface area contributed by atoms with Crippen LogP contribution in [0.3, 0.4) is 0 Å². The first-order chi connectivity index (χ1) is 10.3. The van der Waals surface area contributed by atoms with Gasteiger partial charge < -0.3 is 14.6 Å². The van der Waals surface area contributed by atoms with Crippen LogP contribution in [0.25, 0.3) is 0 Å². The zero-order chi connectivity index (χ0) is 15.1. The van der Waals surface area contributed by atoms with Gasteiger partial charge in [-0.15, -0.1) is 0 Å². The van der Waals surface area contributed by atoms with E-state index >= 15 is 0 Å². The van der Waals surface area contributed by atoms with Gasteiger partial charge in [-0.1, -0.05) is 25.1 Å². The van der Waals surface area contributed by atoms with Gasteiger partial charge in [-0.05, 0) is 18.6 Å². The summed E-state index contributed by atoms with van der Waals surface area (Å²) < 4.78 is 12.7. The standard InChI is InChI=1S/C16H22N2O3/c1-3-10-18-16(15(20-2)12-17-18)14(19)9-11-21-13-7-5-4-6-8-13/h4-8,12,14,19H,3,9-11H2,1-2H3. The van der Waals surface area contributed by atoms with Crippen LogP contribution in [0.15, 0.2) is 36.5 Å². The van der Waals surface area contributed by atoms with Crippen molar-refractivity contribution in [2.45, 2.75) is 32.4 Å². The number of benzene rings is 1. The van der Waals surface area contributed by atoms with Crippen LogP contribution in [0.1, 0.15) is 31.6 Å². The summed E-state index contributed by atoms with van der Waals surface area (Å²) in [6.45, 7) is 3.27. The van der Waals surface area contributed by atoms with Gasteiger partial charge in [-0.25, -0.2) is 0 Å². The van der Waals surface area contributed by atoms with Gasteiger partial charge in [0.25, 0.3) is 0 Å². The molecule has 5 heteroatoms. The molecule has 2 aromatic rings. The number of methoxy groups -OCH3 is 1. The summed E-state index contributed by atoms with van der Waals surface area (Å²) in [5, 5.41) is 14.6. The normalized spacial score (nSPS) is 12.1. The molecule has 114 valence electrons. The van der Waals surface area contributed by atoms with Gasteiger partial charge in [-0.2, -0.15) is 5.10 Å². The minimum Gasteiger partial charge on any atom is -0.493 e. The Kier molecular flexibility index (Phi) is 5.63. The molecule has 1 atom stereocenters. The molecular weight excluding hydrogens is 268 g/mol. The average molecular weight is 290 g/mol. The average Bonchev–Trinajstić information content (AvgIpc) is 2.91. The van der Waals surface area contributed by atoms with Crippen LogP contribution in [0, 0.1) is 0 Å². The first kappa shape index (κ1) is 15.4. The van der Waals surface area contributed by atoms with Crippen molar-refractivity contribution in [2.75, 3.05) is 13.7 Å². The van der Waals surface area contributed by atoms with Gasteiger partial charge in [0.05, 0.1) is 19.9 Å². The highest BCUT2D eigenvalue weighted by Crippen LogP contribution is 2.27. The summed E-state index contributed by atoms with van der Waals surface area (Å²) in [5.74, 6) is 1.43. The highest BCUT2D eigenvalue weighted by Gasteiger charge is 2.19. The lowest BCUT2D eigenvalue weighted by atomic mass is 10.2. The summed E-state index contributed by atoms with van der Waals surface area (Å²) in [7, 11) is 1.59. The van der Waals surface area contributed by atoms with Gasteiger partial charge in [0.15, 0.2) is 5.75 Å². The number of nitrogens with zero attached hydrogens (tertiary/aromatic N) is 2. The van der Waals surface area contributed by atoms with E-state index in [1.807, 2.05) is 30.3 Å². The largest absolute Gasteiger partial charge is 0.493 e. The van der Waals surface area contributed by atoms with Crippen LogP contribution >= 0.6 is 0 Å². The highest BCUT2D eigenvalue weighted by atomic mass is 16.5. The van der Waals surface area contributed by atoms with Crippen molar-refractivity contribution >= 4 is 0 Å². The van der Waals surface area contributed by atoms with Crippen molar-refractivity contribution < 1.29 is 14.6 Å². The molecule has 0 aliphatic carbocycles. The van der Waals surface area contributed by atoms with E-state index in [4.69, 9.17) is 9.47 Å². The van der Waals surface area contributed by atoms with E-state index < -0.39 is 6.10 Å². The Labute approximate surface area is 125 Å². The highest BCUT2D eigenvalue weighted by molar-refractivity contribution is 5.27. The number of hydrogen-bond acceptors (Lipinski definition) is 4. The predicted octanol–water partition coefficient (Wildman–Crippen LogP) is 2.80. The summed E-state index contributed by atoms with van der Waals surface area (Å²) in [4.78, 5) is 0. The Morgan fingerprint density at radius 1 is 1.29 bits per heavy atom. The fourth-order valence-electron chi connectivity index (χ4n) is 2.20. The third-order valence-corrected chi connectivity index (χ3v) is 3.22. The molecule has 0 spiro atoms. The van der Waals surface area contributed by atoms with E-state index in [2.05, 4.69) is 12.0 Å². The maximum Gasteiger partial charge on any atom is 0.162 e. The van der Waals surface area contributed by atoms with Crippen LogP contribution < -0.4 is 9.47 Å². The molecule has 0 aliphatic rings. The Balaban J connectivity index is 1.96. The van der Waals surface area contributed by atoms with Gasteiger partial charge in [0.1, 0.15) is 17.5 Å². The molecule has 0 aliphatic heterocycles. The molecule has 0 amide bonds. The van der Waals surface area contributed by atoms with E-state index in [0.717, 1.165) is 24.4 Å². The Morgan fingerprint density at radius 2 is 2.05 bits per heavy atom. The van der Waals surface area contributed by atoms with Crippen LogP contribution in [0.4, 0.5) is 0 Å². The molecule has 1 aromatic carbocycles. The third kappa shape index (κ3) is 3.98. The van der Waals surface area contributed by atoms with E-state index in [1.54, 1.807) is 18.0 Å². The van der Waals surface area contributed by atoms with Crippen LogP contribution in [0.2, 0.25) is 0 Å². The molecule has 1 unspecified atom stereocenters. The zero-order valence-corrected chi connectivity index (χ0v) is 12.5. The van der Waals surface area contributed by atoms with Crippen molar-refractivity contribution in [3.05, 3.63) is 42.2 Å². The minimum atomic E-state index is -0.655. The zero-order valence-electron chi connectivity index (χ0n) is 12.5. The number of hydrogen-bond donors (Lipinski definition) is 1. The first-order valence-corrected chi connectivity index (χ1v) is 7.21. The monoisotopic (exact) mass is 290 g/mol. The van der Waals surface area contributed by atoms with Crippen molar-refractivity contribution in [1.29, 1.82) is 0 Å². The van der Waals surface area contributed by atoms with Crippen LogP contribution in [-0.4, -0.2) is 28.6 Å². The topological polar surface area (TPSA) is 56.5 Å². The van der Waals surface area contributed by atoms with Crippen molar-refractivity contribution in [1.82, 2.24) is 9.78 Å².